The molecule has 0 saturated carbocycles. The molecule has 2 heterocycles. The minimum atomic E-state index is -0.675. The van der Waals surface area contributed by atoms with Gasteiger partial charge < -0.3 is 10.1 Å². The van der Waals surface area contributed by atoms with E-state index in [-0.39, 0.29) is 17.7 Å². The number of hydrogen-bond acceptors (Lipinski definition) is 4. The van der Waals surface area contributed by atoms with Crippen molar-refractivity contribution in [2.24, 2.45) is 4.99 Å². The first-order valence-corrected chi connectivity index (χ1v) is 9.32. The second-order valence-corrected chi connectivity index (χ2v) is 7.05. The van der Waals surface area contributed by atoms with E-state index in [4.69, 9.17) is 0 Å². The van der Waals surface area contributed by atoms with E-state index in [9.17, 15) is 14.7 Å². The number of aromatic nitrogens is 1. The van der Waals surface area contributed by atoms with E-state index in [0.29, 0.717) is 30.5 Å². The number of H-pyrrole nitrogens is 1. The van der Waals surface area contributed by atoms with Gasteiger partial charge in [-0.2, -0.15) is 0 Å². The number of imide groups is 1. The van der Waals surface area contributed by atoms with E-state index >= 15 is 0 Å². The molecule has 28 heavy (non-hydrogen) atoms. The normalized spacial score (nSPS) is 20.0. The highest BCUT2D eigenvalue weighted by atomic mass is 16.3. The molecule has 0 bridgehead atoms. The average molecular weight is 375 g/mol. The summed E-state index contributed by atoms with van der Waals surface area (Å²) in [6.45, 7) is 1.96. The smallest absolute Gasteiger partial charge is 0.237 e. The van der Waals surface area contributed by atoms with Crippen LogP contribution in [0.5, 0.6) is 5.88 Å². The van der Waals surface area contributed by atoms with Crippen molar-refractivity contribution in [3.63, 3.8) is 0 Å². The zero-order valence-corrected chi connectivity index (χ0v) is 15.5. The molecule has 1 saturated heterocycles. The van der Waals surface area contributed by atoms with E-state index in [2.05, 4.69) is 15.3 Å². The SMILES string of the molecule is CCC1(c2ccc(N=Cc3c(O)[nH]c4ccccc34)cc2)CCC(=O)NC1=O. The number of benzene rings is 2. The molecule has 6 heteroatoms. The third-order valence-corrected chi connectivity index (χ3v) is 5.56. The Morgan fingerprint density at radius 1 is 1.14 bits per heavy atom. The number of nitrogens with one attached hydrogen (secondary N) is 2. The van der Waals surface area contributed by atoms with Crippen LogP contribution in [0.1, 0.15) is 37.3 Å². The monoisotopic (exact) mass is 375 g/mol. The lowest BCUT2D eigenvalue weighted by Crippen LogP contribution is -2.51. The third kappa shape index (κ3) is 2.97. The molecule has 1 fully saturated rings. The van der Waals surface area contributed by atoms with Crippen LogP contribution in [-0.4, -0.2) is 28.1 Å². The number of hydrogen-bond donors (Lipinski definition) is 3. The average Bonchev–Trinajstić information content (AvgIpc) is 3.02. The summed E-state index contributed by atoms with van der Waals surface area (Å²) in [6.07, 6.45) is 3.11. The maximum Gasteiger partial charge on any atom is 0.237 e. The van der Waals surface area contributed by atoms with E-state index in [1.54, 1.807) is 6.21 Å². The van der Waals surface area contributed by atoms with Crippen LogP contribution < -0.4 is 5.32 Å². The minimum absolute atomic E-state index is 0.0787. The van der Waals surface area contributed by atoms with Crippen LogP contribution in [0.4, 0.5) is 5.69 Å². The lowest BCUT2D eigenvalue weighted by molar-refractivity contribution is -0.138. The molecule has 0 aliphatic carbocycles. The van der Waals surface area contributed by atoms with Gasteiger partial charge in [0.05, 0.1) is 16.7 Å². The van der Waals surface area contributed by atoms with Crippen LogP contribution in [0, 0.1) is 0 Å². The van der Waals surface area contributed by atoms with Crippen molar-refractivity contribution in [2.45, 2.75) is 31.6 Å². The topological polar surface area (TPSA) is 94.6 Å². The number of fused-ring (bicyclic) bond motifs is 1. The number of nitrogens with zero attached hydrogens (tertiary/aromatic N) is 1. The first kappa shape index (κ1) is 18.0. The third-order valence-electron chi connectivity index (χ3n) is 5.56. The van der Waals surface area contributed by atoms with Crippen molar-refractivity contribution in [1.82, 2.24) is 10.3 Å². The molecule has 3 N–H and O–H groups in total. The van der Waals surface area contributed by atoms with Gasteiger partial charge in [-0.1, -0.05) is 37.3 Å². The lowest BCUT2D eigenvalue weighted by atomic mass is 9.72. The molecular formula is C22H21N3O3. The van der Waals surface area contributed by atoms with Crippen molar-refractivity contribution < 1.29 is 14.7 Å². The number of rotatable bonds is 4. The Balaban J connectivity index is 1.61. The number of piperidine rings is 1. The van der Waals surface area contributed by atoms with Gasteiger partial charge in [-0.25, -0.2) is 0 Å². The van der Waals surface area contributed by atoms with Gasteiger partial charge in [0.2, 0.25) is 11.8 Å². The van der Waals surface area contributed by atoms with Gasteiger partial charge in [0, 0.05) is 23.5 Å². The van der Waals surface area contributed by atoms with Crippen LogP contribution >= 0.6 is 0 Å². The Labute approximate surface area is 162 Å². The number of aromatic hydroxyl groups is 1. The first-order valence-electron chi connectivity index (χ1n) is 9.32. The minimum Gasteiger partial charge on any atom is -0.494 e. The fraction of sp³-hybridized carbons (Fsp3) is 0.227. The molecule has 6 nitrogen and oxygen atoms in total. The molecule has 1 atom stereocenters. The first-order chi connectivity index (χ1) is 13.5. The predicted molar refractivity (Wildman–Crippen MR) is 108 cm³/mol. The zero-order valence-electron chi connectivity index (χ0n) is 15.5. The summed E-state index contributed by atoms with van der Waals surface area (Å²) in [5, 5.41) is 13.5. The number of para-hydroxylation sites is 1. The number of carbonyl (C=O) groups is 2. The molecule has 142 valence electrons. The van der Waals surface area contributed by atoms with Crippen molar-refractivity contribution in [2.75, 3.05) is 0 Å². The van der Waals surface area contributed by atoms with E-state index < -0.39 is 5.41 Å². The second-order valence-electron chi connectivity index (χ2n) is 7.05. The van der Waals surface area contributed by atoms with Crippen molar-refractivity contribution in [3.05, 3.63) is 59.7 Å². The standard InChI is InChI=1S/C22H21N3O3/c1-2-22(12-11-19(26)25-21(22)28)14-7-9-15(10-8-14)23-13-17-16-5-3-4-6-18(16)24-20(17)27/h3-10,13,24,27H,2,11-12H2,1H3,(H,25,26,28). The Kier molecular flexibility index (Phi) is 4.47. The summed E-state index contributed by atoms with van der Waals surface area (Å²) in [6, 6.07) is 15.1. The van der Waals surface area contributed by atoms with Gasteiger partial charge in [-0.05, 0) is 36.6 Å². The molecular weight excluding hydrogens is 354 g/mol. The van der Waals surface area contributed by atoms with E-state index in [1.807, 2.05) is 55.5 Å². The molecule has 1 aromatic heterocycles. The molecule has 1 unspecified atom stereocenters. The molecule has 2 amide bonds. The number of carbonyl (C=O) groups excluding carboxylic acids is 2. The molecule has 1 aliphatic rings. The van der Waals surface area contributed by atoms with Gasteiger partial charge in [-0.3, -0.25) is 19.9 Å². The maximum atomic E-state index is 12.5. The molecule has 2 aromatic carbocycles. The summed E-state index contributed by atoms with van der Waals surface area (Å²) in [5.74, 6) is -0.366. The van der Waals surface area contributed by atoms with Crippen LogP contribution in [0.3, 0.4) is 0 Å². The van der Waals surface area contributed by atoms with Crippen molar-refractivity contribution in [1.29, 1.82) is 0 Å². The fourth-order valence-electron chi connectivity index (χ4n) is 3.85. The Morgan fingerprint density at radius 2 is 1.89 bits per heavy atom. The highest BCUT2D eigenvalue weighted by molar-refractivity contribution is 6.04. The highest BCUT2D eigenvalue weighted by Crippen LogP contribution is 2.36. The zero-order chi connectivity index (χ0) is 19.7. The highest BCUT2D eigenvalue weighted by Gasteiger charge is 2.42. The van der Waals surface area contributed by atoms with Crippen LogP contribution in [0.2, 0.25) is 0 Å². The second kappa shape index (κ2) is 6.96. The molecule has 1 aliphatic heterocycles. The predicted octanol–water partition coefficient (Wildman–Crippen LogP) is 3.71. The van der Waals surface area contributed by atoms with Crippen LogP contribution in [0.25, 0.3) is 10.9 Å². The largest absolute Gasteiger partial charge is 0.494 e. The van der Waals surface area contributed by atoms with Crippen molar-refractivity contribution in [3.8, 4) is 5.88 Å². The van der Waals surface area contributed by atoms with Crippen LogP contribution in [0.15, 0.2) is 53.5 Å². The fourth-order valence-corrected chi connectivity index (χ4v) is 3.85. The van der Waals surface area contributed by atoms with Gasteiger partial charge in [0.1, 0.15) is 0 Å². The lowest BCUT2D eigenvalue weighted by Gasteiger charge is -2.34. The molecule has 0 radical (unpaired) electrons. The van der Waals surface area contributed by atoms with E-state index in [0.717, 1.165) is 16.5 Å². The summed E-state index contributed by atoms with van der Waals surface area (Å²) < 4.78 is 0. The van der Waals surface area contributed by atoms with Crippen LogP contribution in [-0.2, 0) is 15.0 Å². The van der Waals surface area contributed by atoms with Crippen molar-refractivity contribution >= 4 is 34.6 Å². The summed E-state index contributed by atoms with van der Waals surface area (Å²) >= 11 is 0. The van der Waals surface area contributed by atoms with Gasteiger partial charge >= 0.3 is 0 Å². The molecule has 4 rings (SSSR count). The van der Waals surface area contributed by atoms with Gasteiger partial charge in [-0.15, -0.1) is 0 Å². The number of amides is 2. The maximum absolute atomic E-state index is 12.5. The molecule has 3 aromatic rings. The van der Waals surface area contributed by atoms with Gasteiger partial charge in [0.15, 0.2) is 5.88 Å². The summed E-state index contributed by atoms with van der Waals surface area (Å²) in [5.41, 5.74) is 2.40. The van der Waals surface area contributed by atoms with E-state index in [1.165, 1.54) is 0 Å². The number of aliphatic imine (C=N–C) groups is 1. The summed E-state index contributed by atoms with van der Waals surface area (Å²) in [7, 11) is 0. The van der Waals surface area contributed by atoms with Gasteiger partial charge in [0.25, 0.3) is 0 Å². The Bertz CT molecular complexity index is 1080. The number of aromatic amines is 1. The summed E-state index contributed by atoms with van der Waals surface area (Å²) in [4.78, 5) is 31.4. The molecule has 0 spiro atoms. The Morgan fingerprint density at radius 3 is 2.61 bits per heavy atom. The quantitative estimate of drug-likeness (QED) is 0.479. The Hall–Kier alpha value is -3.41.